The van der Waals surface area contributed by atoms with Crippen molar-refractivity contribution in [1.82, 2.24) is 9.97 Å². The van der Waals surface area contributed by atoms with Crippen molar-refractivity contribution in [3.8, 4) is 17.4 Å². The van der Waals surface area contributed by atoms with Crippen LogP contribution in [-0.2, 0) is 0 Å². The highest BCUT2D eigenvalue weighted by Crippen LogP contribution is 2.33. The highest BCUT2D eigenvalue weighted by Gasteiger charge is 2.17. The number of hydrogen-bond donors (Lipinski definition) is 1. The highest BCUT2D eigenvalue weighted by molar-refractivity contribution is 6.34. The summed E-state index contributed by atoms with van der Waals surface area (Å²) in [6.07, 6.45) is 4.47. The fourth-order valence-corrected chi connectivity index (χ4v) is 2.47. The summed E-state index contributed by atoms with van der Waals surface area (Å²) < 4.78 is 10.9. The molecule has 8 heteroatoms. The maximum absolute atomic E-state index is 12.7. The first kappa shape index (κ1) is 18.0. The van der Waals surface area contributed by atoms with E-state index in [4.69, 9.17) is 32.7 Å². The van der Waals surface area contributed by atoms with E-state index in [2.05, 4.69) is 15.3 Å². The van der Waals surface area contributed by atoms with E-state index in [1.54, 1.807) is 42.6 Å². The molecule has 1 amide bonds. The van der Waals surface area contributed by atoms with Crippen molar-refractivity contribution in [2.45, 2.75) is 0 Å². The predicted octanol–water partition coefficient (Wildman–Crippen LogP) is 4.84. The number of hydrogen-bond acceptors (Lipinski definition) is 5. The van der Waals surface area contributed by atoms with Crippen molar-refractivity contribution in [1.29, 1.82) is 0 Å². The van der Waals surface area contributed by atoms with E-state index in [9.17, 15) is 4.79 Å². The first-order valence-electron chi connectivity index (χ1n) is 7.45. The molecule has 2 aromatic heterocycles. The van der Waals surface area contributed by atoms with Gasteiger partial charge in [0.05, 0.1) is 12.1 Å². The first-order valence-corrected chi connectivity index (χ1v) is 8.21. The standard InChI is InChI=1S/C18H13Cl2N3O3/c1-25-18-14(3-2-7-22-18)23-17(24)12-10-21-8-6-15(12)26-16-9-11(19)4-5-13(16)20/h2-10H,1H3,(H,23,24). The van der Waals surface area contributed by atoms with Crippen LogP contribution in [0.15, 0.2) is 55.0 Å². The van der Waals surface area contributed by atoms with Crippen molar-refractivity contribution < 1.29 is 14.3 Å². The van der Waals surface area contributed by atoms with Gasteiger partial charge in [-0.3, -0.25) is 9.78 Å². The molecule has 0 radical (unpaired) electrons. The summed E-state index contributed by atoms with van der Waals surface area (Å²) in [7, 11) is 1.47. The summed E-state index contributed by atoms with van der Waals surface area (Å²) in [5.74, 6) is 0.477. The Hall–Kier alpha value is -2.83. The van der Waals surface area contributed by atoms with Gasteiger partial charge in [0.1, 0.15) is 22.7 Å². The van der Waals surface area contributed by atoms with Crippen LogP contribution in [0.4, 0.5) is 5.69 Å². The smallest absolute Gasteiger partial charge is 0.261 e. The van der Waals surface area contributed by atoms with E-state index >= 15 is 0 Å². The molecule has 3 aromatic rings. The van der Waals surface area contributed by atoms with Gasteiger partial charge in [-0.05, 0) is 30.3 Å². The third kappa shape index (κ3) is 4.04. The van der Waals surface area contributed by atoms with Gasteiger partial charge in [-0.1, -0.05) is 23.2 Å². The molecular weight excluding hydrogens is 377 g/mol. The van der Waals surface area contributed by atoms with E-state index in [1.807, 2.05) is 0 Å². The number of nitrogens with zero attached hydrogens (tertiary/aromatic N) is 2. The van der Waals surface area contributed by atoms with Crippen molar-refractivity contribution >= 4 is 34.8 Å². The molecule has 0 saturated carbocycles. The molecule has 0 bridgehead atoms. The summed E-state index contributed by atoms with van der Waals surface area (Å²) in [5, 5.41) is 3.55. The molecule has 0 atom stereocenters. The lowest BCUT2D eigenvalue weighted by Gasteiger charge is -2.13. The molecule has 0 unspecified atom stereocenters. The number of carbonyl (C=O) groups is 1. The number of rotatable bonds is 5. The maximum atomic E-state index is 12.7. The molecule has 3 rings (SSSR count). The number of anilines is 1. The molecule has 0 aliphatic heterocycles. The third-order valence-corrected chi connectivity index (χ3v) is 3.90. The number of aromatic nitrogens is 2. The quantitative estimate of drug-likeness (QED) is 0.675. The van der Waals surface area contributed by atoms with E-state index in [1.165, 1.54) is 19.5 Å². The summed E-state index contributed by atoms with van der Waals surface area (Å²) in [5.41, 5.74) is 0.644. The number of amides is 1. The van der Waals surface area contributed by atoms with Crippen LogP contribution in [-0.4, -0.2) is 23.0 Å². The molecule has 2 heterocycles. The molecule has 1 N–H and O–H groups in total. The van der Waals surface area contributed by atoms with Gasteiger partial charge in [-0.25, -0.2) is 4.98 Å². The molecule has 0 fully saturated rings. The van der Waals surface area contributed by atoms with Crippen LogP contribution >= 0.6 is 23.2 Å². The Morgan fingerprint density at radius 3 is 2.77 bits per heavy atom. The molecule has 0 spiro atoms. The van der Waals surface area contributed by atoms with Gasteiger partial charge in [-0.15, -0.1) is 0 Å². The van der Waals surface area contributed by atoms with E-state index < -0.39 is 5.91 Å². The van der Waals surface area contributed by atoms with Crippen LogP contribution in [0.1, 0.15) is 10.4 Å². The monoisotopic (exact) mass is 389 g/mol. The molecule has 6 nitrogen and oxygen atoms in total. The average molecular weight is 390 g/mol. The second-order valence-corrected chi connectivity index (χ2v) is 5.91. The second-order valence-electron chi connectivity index (χ2n) is 5.06. The SMILES string of the molecule is COc1ncccc1NC(=O)c1cnccc1Oc1cc(Cl)ccc1Cl. The highest BCUT2D eigenvalue weighted by atomic mass is 35.5. The minimum absolute atomic E-state index is 0.217. The number of pyridine rings is 2. The number of halogens is 2. The Labute approximate surface area is 159 Å². The number of nitrogens with one attached hydrogen (secondary N) is 1. The zero-order chi connectivity index (χ0) is 18.5. The molecular formula is C18H13Cl2N3O3. The summed E-state index contributed by atoms with van der Waals surface area (Å²) in [6, 6.07) is 9.74. The van der Waals surface area contributed by atoms with Crippen molar-refractivity contribution in [3.63, 3.8) is 0 Å². The molecule has 132 valence electrons. The van der Waals surface area contributed by atoms with Crippen LogP contribution in [0.5, 0.6) is 17.4 Å². The van der Waals surface area contributed by atoms with Crippen LogP contribution in [0.25, 0.3) is 0 Å². The van der Waals surface area contributed by atoms with Crippen molar-refractivity contribution in [2.24, 2.45) is 0 Å². The molecule has 0 aliphatic carbocycles. The van der Waals surface area contributed by atoms with E-state index in [-0.39, 0.29) is 11.3 Å². The number of benzene rings is 1. The van der Waals surface area contributed by atoms with Crippen LogP contribution in [0.3, 0.4) is 0 Å². The molecule has 0 saturated heterocycles. The Kier molecular flexibility index (Phi) is 5.55. The van der Waals surface area contributed by atoms with E-state index in [0.717, 1.165) is 0 Å². The largest absolute Gasteiger partial charge is 0.480 e. The zero-order valence-electron chi connectivity index (χ0n) is 13.6. The minimum Gasteiger partial charge on any atom is -0.480 e. The lowest BCUT2D eigenvalue weighted by molar-refractivity contribution is 0.102. The fourth-order valence-electron chi connectivity index (χ4n) is 2.15. The normalized spacial score (nSPS) is 10.3. The Bertz CT molecular complexity index is 950. The predicted molar refractivity (Wildman–Crippen MR) is 99.5 cm³/mol. The van der Waals surface area contributed by atoms with Gasteiger partial charge in [0.25, 0.3) is 5.91 Å². The lowest BCUT2D eigenvalue weighted by Crippen LogP contribution is -2.14. The number of ether oxygens (including phenoxy) is 2. The number of carbonyl (C=O) groups excluding carboxylic acids is 1. The van der Waals surface area contributed by atoms with Gasteiger partial charge >= 0.3 is 0 Å². The molecule has 1 aromatic carbocycles. The Balaban J connectivity index is 1.89. The van der Waals surface area contributed by atoms with Crippen LogP contribution in [0.2, 0.25) is 10.0 Å². The second kappa shape index (κ2) is 8.03. The maximum Gasteiger partial charge on any atom is 0.261 e. The average Bonchev–Trinajstić information content (AvgIpc) is 2.65. The Morgan fingerprint density at radius 2 is 1.96 bits per heavy atom. The van der Waals surface area contributed by atoms with Crippen LogP contribution < -0.4 is 14.8 Å². The molecule has 0 aliphatic rings. The molecule has 26 heavy (non-hydrogen) atoms. The summed E-state index contributed by atoms with van der Waals surface area (Å²) in [4.78, 5) is 20.7. The van der Waals surface area contributed by atoms with E-state index in [0.29, 0.717) is 27.4 Å². The van der Waals surface area contributed by atoms with Gasteiger partial charge in [0, 0.05) is 29.7 Å². The van der Waals surface area contributed by atoms with Crippen molar-refractivity contribution in [2.75, 3.05) is 12.4 Å². The Morgan fingerprint density at radius 1 is 1.12 bits per heavy atom. The zero-order valence-corrected chi connectivity index (χ0v) is 15.1. The van der Waals surface area contributed by atoms with Gasteiger partial charge in [0.2, 0.25) is 5.88 Å². The summed E-state index contributed by atoms with van der Waals surface area (Å²) >= 11 is 12.1. The fraction of sp³-hybridized carbons (Fsp3) is 0.0556. The topological polar surface area (TPSA) is 73.3 Å². The van der Waals surface area contributed by atoms with Gasteiger partial charge in [0.15, 0.2) is 0 Å². The third-order valence-electron chi connectivity index (χ3n) is 3.35. The van der Waals surface area contributed by atoms with Crippen LogP contribution in [0, 0.1) is 0 Å². The summed E-state index contributed by atoms with van der Waals surface area (Å²) in [6.45, 7) is 0. The first-order chi connectivity index (χ1) is 12.6. The van der Waals surface area contributed by atoms with Gasteiger partial charge in [-0.2, -0.15) is 0 Å². The van der Waals surface area contributed by atoms with Gasteiger partial charge < -0.3 is 14.8 Å². The number of methoxy groups -OCH3 is 1. The van der Waals surface area contributed by atoms with Crippen molar-refractivity contribution in [3.05, 3.63) is 70.6 Å². The lowest BCUT2D eigenvalue weighted by atomic mass is 10.2. The minimum atomic E-state index is -0.433.